The summed E-state index contributed by atoms with van der Waals surface area (Å²) in [7, 11) is 0. The van der Waals surface area contributed by atoms with Crippen molar-refractivity contribution >= 4 is 11.9 Å². The molecule has 0 radical (unpaired) electrons. The maximum atomic E-state index is 12.2. The number of carbonyl (C=O) groups is 2. The number of benzene rings is 1. The second-order valence-corrected chi connectivity index (χ2v) is 6.76. The Morgan fingerprint density at radius 2 is 1.71 bits per heavy atom. The van der Waals surface area contributed by atoms with Gasteiger partial charge in [-0.05, 0) is 61.8 Å². The van der Waals surface area contributed by atoms with E-state index in [1.807, 2.05) is 24.3 Å². The average molecular weight is 332 g/mol. The van der Waals surface area contributed by atoms with Crippen molar-refractivity contribution in [2.75, 3.05) is 13.1 Å². The summed E-state index contributed by atoms with van der Waals surface area (Å²) >= 11 is 0. The number of carbonyl (C=O) groups excluding carboxylic acids is 1. The van der Waals surface area contributed by atoms with Crippen molar-refractivity contribution in [1.29, 1.82) is 0 Å². The lowest BCUT2D eigenvalue weighted by atomic mass is 9.80. The van der Waals surface area contributed by atoms with Crippen molar-refractivity contribution < 1.29 is 14.7 Å². The van der Waals surface area contributed by atoms with Crippen LogP contribution in [0.1, 0.15) is 54.4 Å². The van der Waals surface area contributed by atoms with Gasteiger partial charge in [0.25, 0.3) is 5.91 Å². The van der Waals surface area contributed by atoms with E-state index in [0.29, 0.717) is 30.5 Å². The second kappa shape index (κ2) is 9.42. The summed E-state index contributed by atoms with van der Waals surface area (Å²) in [5, 5.41) is 11.8. The van der Waals surface area contributed by atoms with Crippen LogP contribution < -0.4 is 11.1 Å². The van der Waals surface area contributed by atoms with Gasteiger partial charge < -0.3 is 16.2 Å². The second-order valence-electron chi connectivity index (χ2n) is 6.76. The molecule has 5 nitrogen and oxygen atoms in total. The first kappa shape index (κ1) is 18.5. The van der Waals surface area contributed by atoms with Gasteiger partial charge in [-0.1, -0.05) is 25.0 Å². The van der Waals surface area contributed by atoms with E-state index in [1.165, 1.54) is 0 Å². The van der Waals surface area contributed by atoms with E-state index in [0.717, 1.165) is 44.1 Å². The smallest absolute Gasteiger partial charge is 0.303 e. The number of hydrogen-bond acceptors (Lipinski definition) is 3. The highest BCUT2D eigenvalue weighted by atomic mass is 16.4. The zero-order chi connectivity index (χ0) is 17.4. The van der Waals surface area contributed by atoms with Crippen LogP contribution in [-0.2, 0) is 11.2 Å². The molecule has 2 rings (SSSR count). The lowest BCUT2D eigenvalue weighted by Crippen LogP contribution is -2.31. The molecule has 1 aliphatic carbocycles. The predicted octanol–water partition coefficient (Wildman–Crippen LogP) is 2.59. The maximum absolute atomic E-state index is 12.2. The normalized spacial score (nSPS) is 20.5. The van der Waals surface area contributed by atoms with E-state index in [9.17, 15) is 9.59 Å². The molecule has 0 spiro atoms. The Morgan fingerprint density at radius 3 is 2.29 bits per heavy atom. The zero-order valence-corrected chi connectivity index (χ0v) is 14.2. The first-order chi connectivity index (χ1) is 11.6. The van der Waals surface area contributed by atoms with E-state index in [2.05, 4.69) is 5.32 Å². The largest absolute Gasteiger partial charge is 0.481 e. The summed E-state index contributed by atoms with van der Waals surface area (Å²) in [6, 6.07) is 7.61. The van der Waals surface area contributed by atoms with Gasteiger partial charge in [-0.25, -0.2) is 0 Å². The molecule has 24 heavy (non-hydrogen) atoms. The van der Waals surface area contributed by atoms with Gasteiger partial charge in [-0.15, -0.1) is 0 Å². The van der Waals surface area contributed by atoms with E-state index in [4.69, 9.17) is 10.8 Å². The molecule has 132 valence electrons. The molecular formula is C19H28N2O3. The molecule has 1 aromatic carbocycles. The molecule has 0 aromatic heterocycles. The van der Waals surface area contributed by atoms with Gasteiger partial charge in [0.15, 0.2) is 0 Å². The van der Waals surface area contributed by atoms with Crippen molar-refractivity contribution in [1.82, 2.24) is 5.32 Å². The minimum atomic E-state index is -0.707. The highest BCUT2D eigenvalue weighted by Crippen LogP contribution is 2.31. The molecule has 0 bridgehead atoms. The number of carboxylic acids is 1. The monoisotopic (exact) mass is 332 g/mol. The van der Waals surface area contributed by atoms with Crippen molar-refractivity contribution in [3.63, 3.8) is 0 Å². The number of nitrogens with two attached hydrogens (primary N) is 1. The van der Waals surface area contributed by atoms with Gasteiger partial charge in [0.2, 0.25) is 0 Å². The first-order valence-electron chi connectivity index (χ1n) is 8.87. The van der Waals surface area contributed by atoms with Gasteiger partial charge in [-0.2, -0.15) is 0 Å². The predicted molar refractivity (Wildman–Crippen MR) is 93.9 cm³/mol. The third-order valence-electron chi connectivity index (χ3n) is 4.93. The molecule has 4 N–H and O–H groups in total. The summed E-state index contributed by atoms with van der Waals surface area (Å²) < 4.78 is 0. The SMILES string of the molecule is NCCc1ccc(C(=O)NCC2CCC(CCC(=O)O)CC2)cc1. The fourth-order valence-electron chi connectivity index (χ4n) is 3.38. The minimum Gasteiger partial charge on any atom is -0.481 e. The molecule has 0 heterocycles. The van der Waals surface area contributed by atoms with Crippen LogP contribution in [0.4, 0.5) is 0 Å². The summed E-state index contributed by atoms with van der Waals surface area (Å²) in [4.78, 5) is 22.8. The Balaban J connectivity index is 1.70. The lowest BCUT2D eigenvalue weighted by Gasteiger charge is -2.28. The Bertz CT molecular complexity index is 534. The zero-order valence-electron chi connectivity index (χ0n) is 14.2. The van der Waals surface area contributed by atoms with E-state index in [1.54, 1.807) is 0 Å². The standard InChI is InChI=1S/C19H28N2O3/c20-12-11-15-5-8-17(9-6-15)19(24)21-13-16-3-1-14(2-4-16)7-10-18(22)23/h5-6,8-9,14,16H,1-4,7,10-13,20H2,(H,21,24)(H,22,23). The maximum Gasteiger partial charge on any atom is 0.303 e. The molecule has 0 atom stereocenters. The van der Waals surface area contributed by atoms with E-state index < -0.39 is 5.97 Å². The molecule has 0 aliphatic heterocycles. The first-order valence-corrected chi connectivity index (χ1v) is 8.87. The van der Waals surface area contributed by atoms with Crippen LogP contribution in [-0.4, -0.2) is 30.1 Å². The quantitative estimate of drug-likeness (QED) is 0.682. The van der Waals surface area contributed by atoms with Crippen molar-refractivity contribution in [2.24, 2.45) is 17.6 Å². The fourth-order valence-corrected chi connectivity index (χ4v) is 3.38. The van der Waals surface area contributed by atoms with Gasteiger partial charge in [-0.3, -0.25) is 9.59 Å². The van der Waals surface area contributed by atoms with Crippen LogP contribution in [0, 0.1) is 11.8 Å². The van der Waals surface area contributed by atoms with Crippen molar-refractivity contribution in [3.8, 4) is 0 Å². The summed E-state index contributed by atoms with van der Waals surface area (Å²) in [6.07, 6.45) is 6.16. The van der Waals surface area contributed by atoms with Crippen LogP contribution in [0.5, 0.6) is 0 Å². The fraction of sp³-hybridized carbons (Fsp3) is 0.579. The summed E-state index contributed by atoms with van der Waals surface area (Å²) in [5.74, 6) is 0.304. The molecule has 1 aromatic rings. The number of nitrogens with one attached hydrogen (secondary N) is 1. The molecule has 1 aliphatic rings. The number of amides is 1. The summed E-state index contributed by atoms with van der Waals surface area (Å²) in [6.45, 7) is 1.32. The Kier molecular flexibility index (Phi) is 7.25. The molecule has 0 unspecified atom stereocenters. The van der Waals surface area contributed by atoms with Crippen LogP contribution in [0.2, 0.25) is 0 Å². The molecule has 5 heteroatoms. The van der Waals surface area contributed by atoms with Gasteiger partial charge in [0.1, 0.15) is 0 Å². The number of carboxylic acid groups (broad SMARTS) is 1. The average Bonchev–Trinajstić information content (AvgIpc) is 2.59. The van der Waals surface area contributed by atoms with Crippen LogP contribution in [0.3, 0.4) is 0 Å². The number of aliphatic carboxylic acids is 1. The van der Waals surface area contributed by atoms with E-state index >= 15 is 0 Å². The third kappa shape index (κ3) is 5.96. The molecule has 0 saturated heterocycles. The van der Waals surface area contributed by atoms with Crippen molar-refractivity contribution in [3.05, 3.63) is 35.4 Å². The van der Waals surface area contributed by atoms with Gasteiger partial charge in [0, 0.05) is 18.5 Å². The topological polar surface area (TPSA) is 92.4 Å². The highest BCUT2D eigenvalue weighted by molar-refractivity contribution is 5.94. The summed E-state index contributed by atoms with van der Waals surface area (Å²) in [5.41, 5.74) is 7.36. The van der Waals surface area contributed by atoms with Gasteiger partial charge in [0.05, 0.1) is 0 Å². The Labute approximate surface area is 143 Å². The molecule has 1 amide bonds. The van der Waals surface area contributed by atoms with Crippen LogP contribution in [0.15, 0.2) is 24.3 Å². The van der Waals surface area contributed by atoms with Crippen LogP contribution in [0.25, 0.3) is 0 Å². The van der Waals surface area contributed by atoms with E-state index in [-0.39, 0.29) is 12.3 Å². The minimum absolute atomic E-state index is 0.0256. The number of rotatable bonds is 8. The van der Waals surface area contributed by atoms with Gasteiger partial charge >= 0.3 is 5.97 Å². The Morgan fingerprint density at radius 1 is 1.08 bits per heavy atom. The molecular weight excluding hydrogens is 304 g/mol. The van der Waals surface area contributed by atoms with Crippen LogP contribution >= 0.6 is 0 Å². The van der Waals surface area contributed by atoms with Crippen molar-refractivity contribution in [2.45, 2.75) is 44.9 Å². The molecule has 1 saturated carbocycles. The highest BCUT2D eigenvalue weighted by Gasteiger charge is 2.22. The molecule has 1 fully saturated rings. The number of hydrogen-bond donors (Lipinski definition) is 3. The third-order valence-corrected chi connectivity index (χ3v) is 4.93. The Hall–Kier alpha value is -1.88. The lowest BCUT2D eigenvalue weighted by molar-refractivity contribution is -0.137.